The Kier molecular flexibility index (Phi) is 2.97. The van der Waals surface area contributed by atoms with Gasteiger partial charge in [0.05, 0.1) is 24.8 Å². The van der Waals surface area contributed by atoms with Crippen molar-refractivity contribution in [2.45, 2.75) is 13.0 Å². The fourth-order valence-electron chi connectivity index (χ4n) is 1.68. The molecule has 80 valence electrons. The third-order valence-electron chi connectivity index (χ3n) is 2.54. The van der Waals surface area contributed by atoms with Crippen molar-refractivity contribution in [1.29, 1.82) is 0 Å². The maximum absolute atomic E-state index is 12.0. The Bertz CT molecular complexity index is 340. The van der Waals surface area contributed by atoms with Crippen molar-refractivity contribution in [3.8, 4) is 0 Å². The predicted octanol–water partition coefficient (Wildman–Crippen LogP) is 0.943. The summed E-state index contributed by atoms with van der Waals surface area (Å²) in [6.07, 6.45) is 3.27. The summed E-state index contributed by atoms with van der Waals surface area (Å²) in [7, 11) is 0. The lowest BCUT2D eigenvalue weighted by atomic mass is 10.2. The number of rotatable bonds is 1. The summed E-state index contributed by atoms with van der Waals surface area (Å²) < 4.78 is 5.29. The lowest BCUT2D eigenvalue weighted by Crippen LogP contribution is -2.47. The summed E-state index contributed by atoms with van der Waals surface area (Å²) in [5.41, 5.74) is 0.645. The summed E-state index contributed by atoms with van der Waals surface area (Å²) in [5.74, 6) is 0.0406. The van der Waals surface area contributed by atoms with Crippen molar-refractivity contribution in [1.82, 2.24) is 9.88 Å². The van der Waals surface area contributed by atoms with Crippen LogP contribution in [0.15, 0.2) is 24.5 Å². The molecular weight excluding hydrogens is 192 g/mol. The second kappa shape index (κ2) is 4.40. The van der Waals surface area contributed by atoms with Crippen LogP contribution in [0.2, 0.25) is 0 Å². The lowest BCUT2D eigenvalue weighted by Gasteiger charge is -2.33. The average Bonchev–Trinajstić information content (AvgIpc) is 2.30. The quantitative estimate of drug-likeness (QED) is 0.686. The molecule has 4 heteroatoms. The normalized spacial score (nSPS) is 21.4. The van der Waals surface area contributed by atoms with Crippen molar-refractivity contribution in [2.24, 2.45) is 0 Å². The first kappa shape index (κ1) is 10.1. The van der Waals surface area contributed by atoms with Crippen LogP contribution in [0.3, 0.4) is 0 Å². The third-order valence-corrected chi connectivity index (χ3v) is 2.54. The van der Waals surface area contributed by atoms with Crippen LogP contribution < -0.4 is 0 Å². The Balaban J connectivity index is 2.13. The van der Waals surface area contributed by atoms with E-state index in [1.54, 1.807) is 24.5 Å². The first-order chi connectivity index (χ1) is 7.29. The van der Waals surface area contributed by atoms with Crippen LogP contribution in [-0.2, 0) is 4.74 Å². The molecule has 1 atom stereocenters. The molecule has 1 aromatic rings. The van der Waals surface area contributed by atoms with Gasteiger partial charge in [0.25, 0.3) is 5.91 Å². The first-order valence-corrected chi connectivity index (χ1v) is 5.08. The number of ether oxygens (including phenoxy) is 1. The number of morpholine rings is 1. The monoisotopic (exact) mass is 206 g/mol. The highest BCUT2D eigenvalue weighted by atomic mass is 16.5. The smallest absolute Gasteiger partial charge is 0.255 e. The van der Waals surface area contributed by atoms with Crippen LogP contribution in [0, 0.1) is 0 Å². The highest BCUT2D eigenvalue weighted by molar-refractivity contribution is 5.94. The second-order valence-electron chi connectivity index (χ2n) is 3.66. The zero-order valence-electron chi connectivity index (χ0n) is 8.72. The Labute approximate surface area is 88.9 Å². The van der Waals surface area contributed by atoms with Gasteiger partial charge in [-0.05, 0) is 19.1 Å². The van der Waals surface area contributed by atoms with E-state index in [1.807, 2.05) is 11.8 Å². The topological polar surface area (TPSA) is 42.4 Å². The molecule has 4 nitrogen and oxygen atoms in total. The molecule has 1 fully saturated rings. The van der Waals surface area contributed by atoms with Gasteiger partial charge < -0.3 is 9.64 Å². The van der Waals surface area contributed by atoms with Gasteiger partial charge in [-0.1, -0.05) is 0 Å². The van der Waals surface area contributed by atoms with Crippen LogP contribution in [0.25, 0.3) is 0 Å². The van der Waals surface area contributed by atoms with Crippen LogP contribution in [0.4, 0.5) is 0 Å². The van der Waals surface area contributed by atoms with Crippen molar-refractivity contribution < 1.29 is 9.53 Å². The van der Waals surface area contributed by atoms with E-state index in [1.165, 1.54) is 0 Å². The molecule has 1 unspecified atom stereocenters. The number of aromatic nitrogens is 1. The van der Waals surface area contributed by atoms with E-state index in [9.17, 15) is 4.79 Å². The van der Waals surface area contributed by atoms with Crippen molar-refractivity contribution in [3.05, 3.63) is 30.1 Å². The maximum Gasteiger partial charge on any atom is 0.255 e. The fourth-order valence-corrected chi connectivity index (χ4v) is 1.68. The van der Waals surface area contributed by atoms with Gasteiger partial charge in [-0.2, -0.15) is 0 Å². The van der Waals surface area contributed by atoms with Crippen LogP contribution >= 0.6 is 0 Å². The maximum atomic E-state index is 12.0. The molecule has 0 spiro atoms. The lowest BCUT2D eigenvalue weighted by molar-refractivity contribution is 0.00357. The van der Waals surface area contributed by atoms with Gasteiger partial charge in [0.1, 0.15) is 0 Å². The van der Waals surface area contributed by atoms with Gasteiger partial charge in [-0.25, -0.2) is 0 Å². The molecule has 0 bridgehead atoms. The minimum Gasteiger partial charge on any atom is -0.377 e. The Morgan fingerprint density at radius 1 is 1.67 bits per heavy atom. The van der Waals surface area contributed by atoms with Gasteiger partial charge in [-0.3, -0.25) is 9.78 Å². The zero-order chi connectivity index (χ0) is 10.7. The van der Waals surface area contributed by atoms with Crippen molar-refractivity contribution in [2.75, 3.05) is 19.8 Å². The summed E-state index contributed by atoms with van der Waals surface area (Å²) >= 11 is 0. The molecule has 1 aromatic heterocycles. The standard InChI is InChI=1S/C11H14N2O2/c1-9-8-15-6-5-13(9)11(14)10-3-2-4-12-7-10/h2-4,7,9H,5-6,8H2,1H3. The van der Waals surface area contributed by atoms with E-state index in [4.69, 9.17) is 4.74 Å². The molecule has 15 heavy (non-hydrogen) atoms. The van der Waals surface area contributed by atoms with E-state index in [0.29, 0.717) is 25.3 Å². The first-order valence-electron chi connectivity index (χ1n) is 5.08. The summed E-state index contributed by atoms with van der Waals surface area (Å²) in [5, 5.41) is 0. The molecule has 0 saturated carbocycles. The van der Waals surface area contributed by atoms with Crippen molar-refractivity contribution >= 4 is 5.91 Å². The number of hydrogen-bond donors (Lipinski definition) is 0. The Morgan fingerprint density at radius 2 is 2.53 bits per heavy atom. The van der Waals surface area contributed by atoms with Gasteiger partial charge in [0.2, 0.25) is 0 Å². The summed E-state index contributed by atoms with van der Waals surface area (Å²) in [6.45, 7) is 3.89. The third kappa shape index (κ3) is 2.15. The molecule has 2 rings (SSSR count). The molecular formula is C11H14N2O2. The highest BCUT2D eigenvalue weighted by Gasteiger charge is 2.24. The Hall–Kier alpha value is -1.42. The molecule has 1 amide bonds. The van der Waals surface area contributed by atoms with E-state index in [0.717, 1.165) is 0 Å². The molecule has 0 N–H and O–H groups in total. The highest BCUT2D eigenvalue weighted by Crippen LogP contribution is 2.11. The van der Waals surface area contributed by atoms with Crippen LogP contribution in [0.1, 0.15) is 17.3 Å². The van der Waals surface area contributed by atoms with Crippen LogP contribution in [-0.4, -0.2) is 41.6 Å². The summed E-state index contributed by atoms with van der Waals surface area (Å²) in [6, 6.07) is 3.71. The molecule has 1 aliphatic heterocycles. The molecule has 1 aliphatic rings. The second-order valence-corrected chi connectivity index (χ2v) is 3.66. The number of amides is 1. The number of pyridine rings is 1. The molecule has 0 aliphatic carbocycles. The van der Waals surface area contributed by atoms with Gasteiger partial charge in [0, 0.05) is 18.9 Å². The van der Waals surface area contributed by atoms with E-state index >= 15 is 0 Å². The molecule has 1 saturated heterocycles. The van der Waals surface area contributed by atoms with Crippen LogP contribution in [0.5, 0.6) is 0 Å². The number of hydrogen-bond acceptors (Lipinski definition) is 3. The SMILES string of the molecule is CC1COCCN1C(=O)c1cccnc1. The molecule has 0 radical (unpaired) electrons. The molecule has 0 aromatic carbocycles. The van der Waals surface area contributed by atoms with Gasteiger partial charge >= 0.3 is 0 Å². The minimum absolute atomic E-state index is 0.0406. The number of carbonyl (C=O) groups excluding carboxylic acids is 1. The largest absolute Gasteiger partial charge is 0.377 e. The van der Waals surface area contributed by atoms with Crippen molar-refractivity contribution in [3.63, 3.8) is 0 Å². The number of carbonyl (C=O) groups is 1. The number of nitrogens with zero attached hydrogens (tertiary/aromatic N) is 2. The van der Waals surface area contributed by atoms with E-state index < -0.39 is 0 Å². The van der Waals surface area contributed by atoms with Gasteiger partial charge in [0.15, 0.2) is 0 Å². The van der Waals surface area contributed by atoms with Gasteiger partial charge in [-0.15, -0.1) is 0 Å². The zero-order valence-corrected chi connectivity index (χ0v) is 8.72. The molecule has 2 heterocycles. The predicted molar refractivity (Wildman–Crippen MR) is 55.6 cm³/mol. The van der Waals surface area contributed by atoms with E-state index in [2.05, 4.69) is 4.98 Å². The average molecular weight is 206 g/mol. The van der Waals surface area contributed by atoms with E-state index in [-0.39, 0.29) is 11.9 Å². The summed E-state index contributed by atoms with van der Waals surface area (Å²) in [4.78, 5) is 17.8. The Morgan fingerprint density at radius 3 is 3.20 bits per heavy atom. The minimum atomic E-state index is 0.0406. The fraction of sp³-hybridized carbons (Fsp3) is 0.455.